The fourth-order valence-electron chi connectivity index (χ4n) is 1.69. The minimum atomic E-state index is 0.580. The summed E-state index contributed by atoms with van der Waals surface area (Å²) in [5.74, 6) is 1.22. The second-order valence-corrected chi connectivity index (χ2v) is 6.42. The lowest BCUT2D eigenvalue weighted by Crippen LogP contribution is -2.25. The van der Waals surface area contributed by atoms with Gasteiger partial charge in [-0.1, -0.05) is 0 Å². The van der Waals surface area contributed by atoms with E-state index in [1.54, 1.807) is 11.3 Å². The fraction of sp³-hybridized carbons (Fsp3) is 0.769. The molecule has 104 valence electrons. The van der Waals surface area contributed by atoms with Gasteiger partial charge in [-0.3, -0.25) is 0 Å². The third-order valence-corrected chi connectivity index (χ3v) is 4.66. The van der Waals surface area contributed by atoms with Crippen molar-refractivity contribution in [2.45, 2.75) is 39.8 Å². The van der Waals surface area contributed by atoms with E-state index in [0.717, 1.165) is 24.8 Å². The normalized spacial score (nSPS) is 12.7. The van der Waals surface area contributed by atoms with Crippen LogP contribution in [0.1, 0.15) is 32.1 Å². The highest BCUT2D eigenvalue weighted by Crippen LogP contribution is 2.22. The number of thiazole rings is 1. The van der Waals surface area contributed by atoms with E-state index in [-0.39, 0.29) is 0 Å². The molecule has 18 heavy (non-hydrogen) atoms. The number of thioether (sulfide) groups is 1. The molecule has 0 aliphatic heterocycles. The van der Waals surface area contributed by atoms with Gasteiger partial charge in [0.05, 0.1) is 0 Å². The maximum atomic E-state index is 4.50. The van der Waals surface area contributed by atoms with Gasteiger partial charge in [-0.05, 0) is 39.2 Å². The van der Waals surface area contributed by atoms with Crippen molar-refractivity contribution >= 4 is 28.2 Å². The zero-order chi connectivity index (χ0) is 13.4. The molecular weight excluding hydrogens is 262 g/mol. The monoisotopic (exact) mass is 287 g/mol. The minimum absolute atomic E-state index is 0.580. The number of aromatic nitrogens is 1. The van der Waals surface area contributed by atoms with Crippen molar-refractivity contribution in [2.24, 2.45) is 0 Å². The van der Waals surface area contributed by atoms with Gasteiger partial charge >= 0.3 is 0 Å². The van der Waals surface area contributed by atoms with Crippen molar-refractivity contribution in [3.63, 3.8) is 0 Å². The predicted molar refractivity (Wildman–Crippen MR) is 85.0 cm³/mol. The van der Waals surface area contributed by atoms with Crippen LogP contribution in [0.4, 0.5) is 5.13 Å². The maximum Gasteiger partial charge on any atom is 0.185 e. The molecular formula is C13H25N3S2. The van der Waals surface area contributed by atoms with E-state index in [2.05, 4.69) is 42.2 Å². The number of hydrogen-bond donors (Lipinski definition) is 1. The topological polar surface area (TPSA) is 28.2 Å². The quantitative estimate of drug-likeness (QED) is 0.755. The van der Waals surface area contributed by atoms with Crippen LogP contribution >= 0.6 is 23.1 Å². The average molecular weight is 287 g/mol. The van der Waals surface area contributed by atoms with Crippen molar-refractivity contribution < 1.29 is 0 Å². The molecule has 1 unspecified atom stereocenters. The molecule has 0 saturated carbocycles. The first-order chi connectivity index (χ1) is 8.71. The van der Waals surface area contributed by atoms with Crippen LogP contribution in [0.15, 0.2) is 6.20 Å². The van der Waals surface area contributed by atoms with E-state index >= 15 is 0 Å². The van der Waals surface area contributed by atoms with Gasteiger partial charge in [0.15, 0.2) is 5.13 Å². The molecule has 1 atom stereocenters. The minimum Gasteiger partial charge on any atom is -0.349 e. The summed E-state index contributed by atoms with van der Waals surface area (Å²) < 4.78 is 0. The Hall–Kier alpha value is -0.260. The molecule has 0 radical (unpaired) electrons. The smallest absolute Gasteiger partial charge is 0.185 e. The lowest BCUT2D eigenvalue weighted by molar-refractivity contribution is 0.540. The number of hydrogen-bond acceptors (Lipinski definition) is 5. The summed E-state index contributed by atoms with van der Waals surface area (Å²) in [4.78, 5) is 8.12. The molecule has 0 saturated heterocycles. The third-order valence-electron chi connectivity index (χ3n) is 2.96. The number of rotatable bonds is 9. The van der Waals surface area contributed by atoms with Gasteiger partial charge in [0.2, 0.25) is 0 Å². The van der Waals surface area contributed by atoms with Gasteiger partial charge in [-0.15, -0.1) is 11.3 Å². The summed E-state index contributed by atoms with van der Waals surface area (Å²) in [6.45, 7) is 9.60. The van der Waals surface area contributed by atoms with Gasteiger partial charge in [0.1, 0.15) is 0 Å². The van der Waals surface area contributed by atoms with Gasteiger partial charge in [0, 0.05) is 36.8 Å². The van der Waals surface area contributed by atoms with Crippen molar-refractivity contribution in [2.75, 3.05) is 30.0 Å². The van der Waals surface area contributed by atoms with E-state index in [9.17, 15) is 0 Å². The van der Waals surface area contributed by atoms with Crippen LogP contribution in [-0.4, -0.2) is 36.1 Å². The van der Waals surface area contributed by atoms with Crippen LogP contribution in [0.5, 0.6) is 0 Å². The van der Waals surface area contributed by atoms with Gasteiger partial charge < -0.3 is 10.2 Å². The Balaban J connectivity index is 2.39. The molecule has 0 aliphatic carbocycles. The van der Waals surface area contributed by atoms with E-state index in [1.807, 2.05) is 18.0 Å². The summed E-state index contributed by atoms with van der Waals surface area (Å²) in [6.07, 6.45) is 5.39. The summed E-state index contributed by atoms with van der Waals surface area (Å²) in [5.41, 5.74) is 0. The van der Waals surface area contributed by atoms with Crippen LogP contribution in [0, 0.1) is 0 Å². The van der Waals surface area contributed by atoms with E-state index in [4.69, 9.17) is 0 Å². The molecule has 0 amide bonds. The third kappa shape index (κ3) is 5.16. The predicted octanol–water partition coefficient (Wildman–Crippen LogP) is 3.22. The lowest BCUT2D eigenvalue weighted by atomic mass is 10.2. The van der Waals surface area contributed by atoms with Crippen LogP contribution in [0.25, 0.3) is 0 Å². The van der Waals surface area contributed by atoms with Crippen molar-refractivity contribution in [1.29, 1.82) is 0 Å². The first-order valence-corrected chi connectivity index (χ1v) is 8.84. The van der Waals surface area contributed by atoms with Crippen molar-refractivity contribution in [1.82, 2.24) is 10.3 Å². The Morgan fingerprint density at radius 3 is 2.78 bits per heavy atom. The van der Waals surface area contributed by atoms with Crippen molar-refractivity contribution in [3.8, 4) is 0 Å². The molecule has 1 aromatic heterocycles. The molecule has 0 aromatic carbocycles. The summed E-state index contributed by atoms with van der Waals surface area (Å²) >= 11 is 3.71. The number of nitrogens with one attached hydrogen (secondary N) is 1. The summed E-state index contributed by atoms with van der Waals surface area (Å²) in [7, 11) is 0. The highest BCUT2D eigenvalue weighted by molar-refractivity contribution is 7.98. The van der Waals surface area contributed by atoms with Gasteiger partial charge in [0.25, 0.3) is 0 Å². The SMILES string of the molecule is CCN(CC)c1ncc(CNC(C)CCSC)s1. The fourth-order valence-corrected chi connectivity index (χ4v) is 3.27. The van der Waals surface area contributed by atoms with Gasteiger partial charge in [-0.2, -0.15) is 11.8 Å². The zero-order valence-corrected chi connectivity index (χ0v) is 13.5. The summed E-state index contributed by atoms with van der Waals surface area (Å²) in [6, 6.07) is 0.580. The largest absolute Gasteiger partial charge is 0.349 e. The van der Waals surface area contributed by atoms with Gasteiger partial charge in [-0.25, -0.2) is 4.98 Å². The number of anilines is 1. The Morgan fingerprint density at radius 2 is 2.17 bits per heavy atom. The van der Waals surface area contributed by atoms with E-state index < -0.39 is 0 Å². The van der Waals surface area contributed by atoms with Crippen LogP contribution in [0.3, 0.4) is 0 Å². The Kier molecular flexibility index (Phi) is 7.70. The highest BCUT2D eigenvalue weighted by atomic mass is 32.2. The molecule has 0 fully saturated rings. The second-order valence-electron chi connectivity index (χ2n) is 4.34. The first-order valence-electron chi connectivity index (χ1n) is 6.63. The molecule has 0 aliphatic rings. The maximum absolute atomic E-state index is 4.50. The second kappa shape index (κ2) is 8.77. The molecule has 0 bridgehead atoms. The van der Waals surface area contributed by atoms with Crippen LogP contribution in [0.2, 0.25) is 0 Å². The Bertz CT molecular complexity index is 324. The lowest BCUT2D eigenvalue weighted by Gasteiger charge is -2.16. The van der Waals surface area contributed by atoms with E-state index in [0.29, 0.717) is 6.04 Å². The number of nitrogens with zero attached hydrogens (tertiary/aromatic N) is 2. The Morgan fingerprint density at radius 1 is 1.44 bits per heavy atom. The molecule has 1 aromatic rings. The zero-order valence-electron chi connectivity index (χ0n) is 11.9. The molecule has 1 rings (SSSR count). The van der Waals surface area contributed by atoms with Crippen molar-refractivity contribution in [3.05, 3.63) is 11.1 Å². The van der Waals surface area contributed by atoms with Crippen LogP contribution in [-0.2, 0) is 6.54 Å². The molecule has 3 nitrogen and oxygen atoms in total. The molecule has 1 heterocycles. The van der Waals surface area contributed by atoms with Crippen LogP contribution < -0.4 is 10.2 Å². The summed E-state index contributed by atoms with van der Waals surface area (Å²) in [5, 5.41) is 4.71. The highest BCUT2D eigenvalue weighted by Gasteiger charge is 2.08. The average Bonchev–Trinajstić information content (AvgIpc) is 2.84. The first kappa shape index (κ1) is 15.8. The Labute approximate surface area is 119 Å². The molecule has 1 N–H and O–H groups in total. The molecule has 5 heteroatoms. The molecule has 0 spiro atoms. The standard InChI is InChI=1S/C13H25N3S2/c1-5-16(6-2)13-15-10-12(18-13)9-14-11(3)7-8-17-4/h10-11,14H,5-9H2,1-4H3. The van der Waals surface area contributed by atoms with E-state index in [1.165, 1.54) is 17.1 Å².